The van der Waals surface area contributed by atoms with Gasteiger partial charge < -0.3 is 4.72 Å². The van der Waals surface area contributed by atoms with Gasteiger partial charge in [-0.15, -0.1) is 0 Å². The van der Waals surface area contributed by atoms with E-state index in [0.717, 1.165) is 11.9 Å². The van der Waals surface area contributed by atoms with Gasteiger partial charge >= 0.3 is 0 Å². The molecule has 114 valence electrons. The molecule has 2 aromatic carbocycles. The standard InChI is InChI=1S/C13H9Cl2F2NS.C2H6/c1-7-10(16)4-5-11(13(7)17)18-19-12-6-8(14)2-3-9(12)15;1-2/h2-6,18H,1H3;1-2H3. The molecule has 0 fully saturated rings. The van der Waals surface area contributed by atoms with Crippen LogP contribution in [0, 0.1) is 18.6 Å². The fourth-order valence-corrected chi connectivity index (χ4v) is 2.60. The lowest BCUT2D eigenvalue weighted by Crippen LogP contribution is -1.96. The molecule has 0 amide bonds. The van der Waals surface area contributed by atoms with Crippen LogP contribution in [0.4, 0.5) is 14.5 Å². The maximum absolute atomic E-state index is 13.8. The van der Waals surface area contributed by atoms with Crippen LogP contribution in [0.25, 0.3) is 0 Å². The molecule has 2 rings (SSSR count). The molecule has 0 bridgehead atoms. The topological polar surface area (TPSA) is 12.0 Å². The second-order valence-electron chi connectivity index (χ2n) is 3.81. The Hall–Kier alpha value is -0.970. The zero-order valence-electron chi connectivity index (χ0n) is 11.8. The second kappa shape index (κ2) is 8.47. The zero-order chi connectivity index (χ0) is 16.0. The van der Waals surface area contributed by atoms with Crippen LogP contribution in [0.3, 0.4) is 0 Å². The van der Waals surface area contributed by atoms with Crippen LogP contribution in [0.2, 0.25) is 10.0 Å². The summed E-state index contributed by atoms with van der Waals surface area (Å²) in [5.41, 5.74) is 0.169. The molecule has 1 nitrogen and oxygen atoms in total. The zero-order valence-corrected chi connectivity index (χ0v) is 14.1. The van der Waals surface area contributed by atoms with Crippen LogP contribution in [0.15, 0.2) is 35.2 Å². The van der Waals surface area contributed by atoms with E-state index in [1.54, 1.807) is 18.2 Å². The Bertz CT molecular complexity index is 621. The summed E-state index contributed by atoms with van der Waals surface area (Å²) >= 11 is 13.0. The van der Waals surface area contributed by atoms with E-state index in [2.05, 4.69) is 4.72 Å². The minimum Gasteiger partial charge on any atom is -0.323 e. The van der Waals surface area contributed by atoms with Gasteiger partial charge in [0.2, 0.25) is 0 Å². The Morgan fingerprint density at radius 2 is 1.71 bits per heavy atom. The molecule has 0 radical (unpaired) electrons. The smallest absolute Gasteiger partial charge is 0.152 e. The Kier molecular flexibility index (Phi) is 7.29. The first kappa shape index (κ1) is 18.1. The first-order valence-corrected chi connectivity index (χ1v) is 7.89. The molecule has 0 atom stereocenters. The Morgan fingerprint density at radius 1 is 1.05 bits per heavy atom. The lowest BCUT2D eigenvalue weighted by Gasteiger charge is -2.10. The molecule has 6 heteroatoms. The van der Waals surface area contributed by atoms with Gasteiger partial charge in [-0.2, -0.15) is 0 Å². The van der Waals surface area contributed by atoms with E-state index in [9.17, 15) is 8.78 Å². The molecule has 21 heavy (non-hydrogen) atoms. The molecular weight excluding hydrogens is 335 g/mol. The van der Waals surface area contributed by atoms with E-state index in [4.69, 9.17) is 23.2 Å². The molecule has 0 aromatic heterocycles. The van der Waals surface area contributed by atoms with Crippen molar-refractivity contribution in [3.8, 4) is 0 Å². The number of hydrogen-bond acceptors (Lipinski definition) is 2. The van der Waals surface area contributed by atoms with Gasteiger partial charge in [0, 0.05) is 15.5 Å². The lowest BCUT2D eigenvalue weighted by molar-refractivity contribution is 0.571. The van der Waals surface area contributed by atoms with Gasteiger partial charge in [-0.1, -0.05) is 37.0 Å². The van der Waals surface area contributed by atoms with E-state index >= 15 is 0 Å². The Balaban J connectivity index is 0.00000106. The number of nitrogens with one attached hydrogen (secondary N) is 1. The molecule has 0 spiro atoms. The Morgan fingerprint density at radius 3 is 2.38 bits per heavy atom. The third-order valence-corrected chi connectivity index (χ3v) is 4.04. The summed E-state index contributed by atoms with van der Waals surface area (Å²) in [6.45, 7) is 5.38. The maximum atomic E-state index is 13.8. The van der Waals surface area contributed by atoms with Gasteiger partial charge in [0.25, 0.3) is 0 Å². The quantitative estimate of drug-likeness (QED) is 0.616. The molecule has 2 aromatic rings. The first-order chi connectivity index (χ1) is 9.99. The van der Waals surface area contributed by atoms with Crippen molar-refractivity contribution in [3.05, 3.63) is 57.6 Å². The molecular formula is C15H15Cl2F2NS. The molecule has 0 aliphatic rings. The normalized spacial score (nSPS) is 9.86. The molecule has 0 unspecified atom stereocenters. The highest BCUT2D eigenvalue weighted by Gasteiger charge is 2.10. The number of hydrogen-bond donors (Lipinski definition) is 1. The van der Waals surface area contributed by atoms with E-state index in [-0.39, 0.29) is 11.3 Å². The predicted molar refractivity (Wildman–Crippen MR) is 88.4 cm³/mol. The van der Waals surface area contributed by atoms with Crippen LogP contribution in [0.5, 0.6) is 0 Å². The lowest BCUT2D eigenvalue weighted by atomic mass is 10.2. The molecule has 0 aliphatic heterocycles. The van der Waals surface area contributed by atoms with Crippen LogP contribution < -0.4 is 4.72 Å². The minimum atomic E-state index is -0.620. The molecule has 0 saturated carbocycles. The average Bonchev–Trinajstić information content (AvgIpc) is 2.49. The molecule has 0 aliphatic carbocycles. The van der Waals surface area contributed by atoms with Crippen LogP contribution >= 0.6 is 35.1 Å². The number of benzene rings is 2. The van der Waals surface area contributed by atoms with Crippen molar-refractivity contribution < 1.29 is 8.78 Å². The number of rotatable bonds is 3. The van der Waals surface area contributed by atoms with Crippen molar-refractivity contribution in [2.24, 2.45) is 0 Å². The molecule has 0 saturated heterocycles. The molecule has 0 heterocycles. The summed E-state index contributed by atoms with van der Waals surface area (Å²) in [5, 5.41) is 1.03. The third kappa shape index (κ3) is 4.77. The van der Waals surface area contributed by atoms with Gasteiger partial charge in [0.05, 0.1) is 10.7 Å². The third-order valence-electron chi connectivity index (χ3n) is 2.48. The van der Waals surface area contributed by atoms with Crippen LogP contribution in [0.1, 0.15) is 19.4 Å². The predicted octanol–water partition coefficient (Wildman–Crippen LogP) is 6.73. The summed E-state index contributed by atoms with van der Waals surface area (Å²) in [5.74, 6) is -1.19. The van der Waals surface area contributed by atoms with Crippen molar-refractivity contribution in [3.63, 3.8) is 0 Å². The summed E-state index contributed by atoms with van der Waals surface area (Å²) in [6, 6.07) is 7.52. The molecule has 1 N–H and O–H groups in total. The van der Waals surface area contributed by atoms with E-state index in [0.29, 0.717) is 14.9 Å². The fourth-order valence-electron chi connectivity index (χ4n) is 1.41. The van der Waals surface area contributed by atoms with Gasteiger partial charge in [0.1, 0.15) is 5.82 Å². The monoisotopic (exact) mass is 349 g/mol. The summed E-state index contributed by atoms with van der Waals surface area (Å²) in [7, 11) is 0. The van der Waals surface area contributed by atoms with Crippen molar-refractivity contribution in [2.75, 3.05) is 4.72 Å². The van der Waals surface area contributed by atoms with E-state index in [1.165, 1.54) is 19.1 Å². The summed E-state index contributed by atoms with van der Waals surface area (Å²) < 4.78 is 29.7. The van der Waals surface area contributed by atoms with E-state index < -0.39 is 11.6 Å². The van der Waals surface area contributed by atoms with Crippen LogP contribution in [-0.4, -0.2) is 0 Å². The van der Waals surface area contributed by atoms with Crippen LogP contribution in [-0.2, 0) is 0 Å². The first-order valence-electron chi connectivity index (χ1n) is 6.31. The number of halogens is 4. The van der Waals surface area contributed by atoms with Crippen molar-refractivity contribution in [1.82, 2.24) is 0 Å². The van der Waals surface area contributed by atoms with Gasteiger partial charge in [-0.3, -0.25) is 0 Å². The van der Waals surface area contributed by atoms with Crippen molar-refractivity contribution in [1.29, 1.82) is 0 Å². The van der Waals surface area contributed by atoms with Gasteiger partial charge in [-0.25, -0.2) is 8.78 Å². The average molecular weight is 350 g/mol. The maximum Gasteiger partial charge on any atom is 0.152 e. The number of anilines is 1. The fraction of sp³-hybridized carbons (Fsp3) is 0.200. The van der Waals surface area contributed by atoms with Gasteiger partial charge in [0.15, 0.2) is 5.82 Å². The largest absolute Gasteiger partial charge is 0.323 e. The highest BCUT2D eigenvalue weighted by Crippen LogP contribution is 2.32. The summed E-state index contributed by atoms with van der Waals surface area (Å²) in [6.07, 6.45) is 0. The SMILES string of the molecule is CC.Cc1c(F)ccc(NSc2cc(Cl)ccc2Cl)c1F. The minimum absolute atomic E-state index is 0.0252. The highest BCUT2D eigenvalue weighted by atomic mass is 35.5. The van der Waals surface area contributed by atoms with Crippen molar-refractivity contribution >= 4 is 40.8 Å². The Labute approximate surface area is 137 Å². The second-order valence-corrected chi connectivity index (χ2v) is 5.50. The van der Waals surface area contributed by atoms with Gasteiger partial charge in [-0.05, 0) is 49.2 Å². The van der Waals surface area contributed by atoms with E-state index in [1.807, 2.05) is 13.8 Å². The highest BCUT2D eigenvalue weighted by molar-refractivity contribution is 8.00. The summed E-state index contributed by atoms with van der Waals surface area (Å²) in [4.78, 5) is 0.663. The van der Waals surface area contributed by atoms with Crippen molar-refractivity contribution in [2.45, 2.75) is 25.7 Å².